The van der Waals surface area contributed by atoms with Gasteiger partial charge in [-0.3, -0.25) is 0 Å². The minimum Gasteiger partial charge on any atom is -0.347 e. The van der Waals surface area contributed by atoms with E-state index in [1.807, 2.05) is 0 Å². The first kappa shape index (κ1) is 16.0. The molecule has 1 aromatic rings. The molecule has 3 aliphatic heterocycles. The first-order valence-electron chi connectivity index (χ1n) is 9.07. The van der Waals surface area contributed by atoms with E-state index in [1.165, 1.54) is 24.8 Å². The zero-order valence-corrected chi connectivity index (χ0v) is 15.5. The van der Waals surface area contributed by atoms with Gasteiger partial charge >= 0.3 is 0 Å². The average molecular weight is 334 g/mol. The third-order valence-corrected chi connectivity index (χ3v) is 8.71. The van der Waals surface area contributed by atoms with Crippen molar-refractivity contribution in [1.82, 2.24) is 0 Å². The van der Waals surface area contributed by atoms with Crippen molar-refractivity contribution in [3.8, 4) is 0 Å². The van der Waals surface area contributed by atoms with Crippen molar-refractivity contribution in [3.63, 3.8) is 0 Å². The Morgan fingerprint density at radius 2 is 1.52 bits per heavy atom. The highest BCUT2D eigenvalue weighted by molar-refractivity contribution is 7.98. The molecule has 0 N–H and O–H groups in total. The number of rotatable bonds is 1. The van der Waals surface area contributed by atoms with Gasteiger partial charge in [0.05, 0.1) is 13.2 Å². The smallest absolute Gasteiger partial charge is 0.178 e. The summed E-state index contributed by atoms with van der Waals surface area (Å²) in [6.07, 6.45) is 6.28. The van der Waals surface area contributed by atoms with Gasteiger partial charge in [-0.25, -0.2) is 0 Å². The van der Waals surface area contributed by atoms with Crippen LogP contribution in [0.5, 0.6) is 0 Å². The highest BCUT2D eigenvalue weighted by atomic mass is 32.2. The van der Waals surface area contributed by atoms with Crippen molar-refractivity contribution >= 4 is 10.9 Å². The fraction of sp³-hybridized carbons (Fsp3) is 0.700. The summed E-state index contributed by atoms with van der Waals surface area (Å²) in [5, 5.41) is 1.50. The molecule has 1 spiro atoms. The SMILES string of the molecule is CC(C)(C)c1ccc([S+]2C3CCCC2CC2(C3)OCCO2)cc1. The van der Waals surface area contributed by atoms with Gasteiger partial charge in [-0.15, -0.1) is 0 Å². The molecule has 0 radical (unpaired) electrons. The highest BCUT2D eigenvalue weighted by Crippen LogP contribution is 2.48. The van der Waals surface area contributed by atoms with E-state index in [2.05, 4.69) is 45.0 Å². The monoisotopic (exact) mass is 333 g/mol. The number of hydrogen-bond donors (Lipinski definition) is 0. The van der Waals surface area contributed by atoms with Crippen LogP contribution in [0.15, 0.2) is 29.2 Å². The Bertz CT molecular complexity index is 538. The van der Waals surface area contributed by atoms with Crippen molar-refractivity contribution in [3.05, 3.63) is 29.8 Å². The van der Waals surface area contributed by atoms with E-state index in [1.54, 1.807) is 4.90 Å². The number of hydrogen-bond acceptors (Lipinski definition) is 2. The second kappa shape index (κ2) is 5.79. The predicted molar refractivity (Wildman–Crippen MR) is 96.1 cm³/mol. The zero-order chi connectivity index (χ0) is 16.1. The molecule has 2 atom stereocenters. The van der Waals surface area contributed by atoms with Crippen LogP contribution in [0.3, 0.4) is 0 Å². The number of benzene rings is 1. The van der Waals surface area contributed by atoms with Gasteiger partial charge in [-0.2, -0.15) is 0 Å². The maximum absolute atomic E-state index is 6.05. The first-order chi connectivity index (χ1) is 11.0. The third-order valence-electron chi connectivity index (χ3n) is 5.65. The van der Waals surface area contributed by atoms with E-state index >= 15 is 0 Å². The normalized spacial score (nSPS) is 33.1. The highest BCUT2D eigenvalue weighted by Gasteiger charge is 2.57. The molecule has 3 saturated heterocycles. The summed E-state index contributed by atoms with van der Waals surface area (Å²) in [4.78, 5) is 1.57. The van der Waals surface area contributed by atoms with Crippen LogP contribution in [0.2, 0.25) is 0 Å². The summed E-state index contributed by atoms with van der Waals surface area (Å²) in [5.41, 5.74) is 1.67. The lowest BCUT2D eigenvalue weighted by Crippen LogP contribution is -2.52. The fourth-order valence-corrected chi connectivity index (χ4v) is 7.96. The van der Waals surface area contributed by atoms with Crippen LogP contribution >= 0.6 is 0 Å². The van der Waals surface area contributed by atoms with Crippen LogP contribution in [-0.2, 0) is 25.8 Å². The maximum atomic E-state index is 6.05. The standard InChI is InChI=1S/C20H29O2S/c1-19(2,3)15-7-9-16(10-8-15)23-17-5-4-6-18(23)14-20(13-17)21-11-12-22-20/h7-10,17-18H,4-6,11-14H2,1-3H3/q+1. The third kappa shape index (κ3) is 2.96. The summed E-state index contributed by atoms with van der Waals surface area (Å²) < 4.78 is 12.1. The molecule has 2 nitrogen and oxygen atoms in total. The summed E-state index contributed by atoms with van der Waals surface area (Å²) in [7, 11) is 0.379. The molecule has 3 heteroatoms. The Labute approximate surface area is 143 Å². The van der Waals surface area contributed by atoms with Gasteiger partial charge in [-0.05, 0) is 42.4 Å². The summed E-state index contributed by atoms with van der Waals surface area (Å²) in [6, 6.07) is 9.52. The molecule has 3 fully saturated rings. The minimum atomic E-state index is -0.232. The van der Waals surface area contributed by atoms with Gasteiger partial charge in [0.2, 0.25) is 0 Å². The molecule has 2 unspecified atom stereocenters. The zero-order valence-electron chi connectivity index (χ0n) is 14.6. The molecule has 23 heavy (non-hydrogen) atoms. The van der Waals surface area contributed by atoms with E-state index in [0.29, 0.717) is 10.9 Å². The lowest BCUT2D eigenvalue weighted by atomic mass is 9.87. The molecule has 0 saturated carbocycles. The van der Waals surface area contributed by atoms with Crippen LogP contribution in [0.25, 0.3) is 0 Å². The van der Waals surface area contributed by atoms with Gasteiger partial charge in [0, 0.05) is 23.7 Å². The van der Waals surface area contributed by atoms with Crippen LogP contribution in [0.1, 0.15) is 58.4 Å². The Hall–Kier alpha value is -0.510. The molecule has 0 aliphatic carbocycles. The Morgan fingerprint density at radius 3 is 2.04 bits per heavy atom. The van der Waals surface area contributed by atoms with Gasteiger partial charge in [0.1, 0.15) is 10.5 Å². The molecule has 3 aliphatic rings. The molecule has 4 rings (SSSR count). The molecule has 126 valence electrons. The largest absolute Gasteiger partial charge is 0.347 e. The van der Waals surface area contributed by atoms with Crippen molar-refractivity contribution < 1.29 is 9.47 Å². The molecule has 1 aromatic carbocycles. The topological polar surface area (TPSA) is 18.5 Å². The molecule has 3 heterocycles. The number of ether oxygens (including phenoxy) is 2. The van der Waals surface area contributed by atoms with Crippen molar-refractivity contribution in [2.45, 2.75) is 79.5 Å². The second-order valence-electron chi connectivity index (χ2n) is 8.34. The van der Waals surface area contributed by atoms with Gasteiger partial charge in [-0.1, -0.05) is 32.9 Å². The lowest BCUT2D eigenvalue weighted by Gasteiger charge is -2.42. The molecule has 0 aromatic heterocycles. The summed E-state index contributed by atoms with van der Waals surface area (Å²) in [5.74, 6) is -0.232. The van der Waals surface area contributed by atoms with Crippen LogP contribution in [0, 0.1) is 0 Å². The van der Waals surface area contributed by atoms with Gasteiger partial charge in [0.25, 0.3) is 0 Å². The summed E-state index contributed by atoms with van der Waals surface area (Å²) in [6.45, 7) is 8.44. The van der Waals surface area contributed by atoms with Crippen LogP contribution in [-0.4, -0.2) is 29.5 Å². The van der Waals surface area contributed by atoms with E-state index in [9.17, 15) is 0 Å². The van der Waals surface area contributed by atoms with Crippen LogP contribution in [0.4, 0.5) is 0 Å². The van der Waals surface area contributed by atoms with Crippen molar-refractivity contribution in [2.24, 2.45) is 0 Å². The van der Waals surface area contributed by atoms with Crippen molar-refractivity contribution in [2.75, 3.05) is 13.2 Å². The van der Waals surface area contributed by atoms with Crippen molar-refractivity contribution in [1.29, 1.82) is 0 Å². The first-order valence-corrected chi connectivity index (χ1v) is 10.4. The van der Waals surface area contributed by atoms with Crippen LogP contribution < -0.4 is 0 Å². The van der Waals surface area contributed by atoms with Gasteiger partial charge in [0.15, 0.2) is 10.7 Å². The minimum absolute atomic E-state index is 0.232. The Kier molecular flexibility index (Phi) is 4.02. The average Bonchev–Trinajstić information content (AvgIpc) is 2.94. The quantitative estimate of drug-likeness (QED) is 0.708. The molecule has 2 bridgehead atoms. The predicted octanol–water partition coefficient (Wildman–Crippen LogP) is 4.42. The molecular weight excluding hydrogens is 304 g/mol. The van der Waals surface area contributed by atoms with E-state index in [0.717, 1.165) is 36.6 Å². The Balaban J connectivity index is 1.59. The van der Waals surface area contributed by atoms with E-state index < -0.39 is 0 Å². The fourth-order valence-electron chi connectivity index (χ4n) is 4.49. The lowest BCUT2D eigenvalue weighted by molar-refractivity contribution is -0.171. The molecule has 0 amide bonds. The summed E-state index contributed by atoms with van der Waals surface area (Å²) >= 11 is 0. The second-order valence-corrected chi connectivity index (χ2v) is 10.9. The van der Waals surface area contributed by atoms with Gasteiger partial charge < -0.3 is 9.47 Å². The molecular formula is C20H29O2S+. The van der Waals surface area contributed by atoms with E-state index in [4.69, 9.17) is 9.47 Å². The Morgan fingerprint density at radius 1 is 0.957 bits per heavy atom. The number of fused-ring (bicyclic) bond motifs is 2. The maximum Gasteiger partial charge on any atom is 0.178 e. The van der Waals surface area contributed by atoms with E-state index in [-0.39, 0.29) is 11.2 Å².